The van der Waals surface area contributed by atoms with Crippen molar-refractivity contribution in [3.63, 3.8) is 0 Å². The van der Waals surface area contributed by atoms with E-state index < -0.39 is 0 Å². The Morgan fingerprint density at radius 2 is 1.94 bits per heavy atom. The van der Waals surface area contributed by atoms with Crippen LogP contribution in [0.15, 0.2) is 5.16 Å². The van der Waals surface area contributed by atoms with Gasteiger partial charge in [0.1, 0.15) is 11.6 Å². The van der Waals surface area contributed by atoms with Crippen LogP contribution in [0.3, 0.4) is 0 Å². The lowest BCUT2D eigenvalue weighted by Crippen LogP contribution is -2.04. The molecule has 0 saturated carbocycles. The normalized spacial score (nSPS) is 10.9. The third-order valence-corrected chi connectivity index (χ3v) is 2.82. The van der Waals surface area contributed by atoms with Crippen LogP contribution in [0.1, 0.15) is 18.4 Å². The summed E-state index contributed by atoms with van der Waals surface area (Å²) in [6.45, 7) is 3.84. The summed E-state index contributed by atoms with van der Waals surface area (Å²) in [7, 11) is 0. The molecule has 2 aromatic heterocycles. The molecule has 0 aromatic carbocycles. The molecule has 5 nitrogen and oxygen atoms in total. The molecule has 2 N–H and O–H groups in total. The number of aryl methyl sites for hydroxylation is 2. The minimum atomic E-state index is 0.465. The lowest BCUT2D eigenvalue weighted by molar-refractivity contribution is 0.906. The summed E-state index contributed by atoms with van der Waals surface area (Å²) in [5, 5.41) is 1.51. The fourth-order valence-corrected chi connectivity index (χ4v) is 1.95. The third kappa shape index (κ3) is 1.80. The van der Waals surface area contributed by atoms with E-state index in [2.05, 4.69) is 19.9 Å². The summed E-state index contributed by atoms with van der Waals surface area (Å²) >= 11 is 1.50. The number of rotatable bonds is 2. The van der Waals surface area contributed by atoms with Crippen molar-refractivity contribution in [1.82, 2.24) is 19.9 Å². The van der Waals surface area contributed by atoms with Crippen molar-refractivity contribution < 1.29 is 0 Å². The number of nitrogen functional groups attached to an aromatic ring is 1. The van der Waals surface area contributed by atoms with Gasteiger partial charge in [0.25, 0.3) is 0 Å². The van der Waals surface area contributed by atoms with Crippen molar-refractivity contribution in [1.29, 1.82) is 0 Å². The Labute approximate surface area is 97.9 Å². The van der Waals surface area contributed by atoms with E-state index in [1.807, 2.05) is 20.1 Å². The van der Waals surface area contributed by atoms with Crippen molar-refractivity contribution in [2.45, 2.75) is 25.4 Å². The van der Waals surface area contributed by atoms with Crippen molar-refractivity contribution in [2.75, 3.05) is 12.0 Å². The molecule has 16 heavy (non-hydrogen) atoms. The van der Waals surface area contributed by atoms with Gasteiger partial charge < -0.3 is 5.73 Å². The van der Waals surface area contributed by atoms with Crippen LogP contribution in [-0.4, -0.2) is 26.2 Å². The van der Waals surface area contributed by atoms with Crippen LogP contribution in [0.2, 0.25) is 0 Å². The average molecular weight is 235 g/mol. The maximum atomic E-state index is 5.89. The van der Waals surface area contributed by atoms with E-state index in [0.717, 1.165) is 22.7 Å². The van der Waals surface area contributed by atoms with Crippen LogP contribution in [-0.2, 0) is 6.42 Å². The van der Waals surface area contributed by atoms with E-state index in [9.17, 15) is 0 Å². The topological polar surface area (TPSA) is 77.6 Å². The van der Waals surface area contributed by atoms with Crippen molar-refractivity contribution >= 4 is 28.6 Å². The number of nitrogens with two attached hydrogens (primary N) is 1. The van der Waals surface area contributed by atoms with E-state index >= 15 is 0 Å². The lowest BCUT2D eigenvalue weighted by Gasteiger charge is -2.07. The zero-order valence-corrected chi connectivity index (χ0v) is 10.3. The summed E-state index contributed by atoms with van der Waals surface area (Å²) in [5.74, 6) is 1.10. The zero-order chi connectivity index (χ0) is 11.7. The molecule has 6 heteroatoms. The SMILES string of the molecule is CCc1nc(SC)nc2nc(C)nc(N)c12. The predicted octanol–water partition coefficient (Wildman–Crippen LogP) is 1.59. The van der Waals surface area contributed by atoms with E-state index in [1.54, 1.807) is 0 Å². The maximum absolute atomic E-state index is 5.89. The summed E-state index contributed by atoms with van der Waals surface area (Å²) in [4.78, 5) is 17.2. The highest BCUT2D eigenvalue weighted by molar-refractivity contribution is 7.98. The first-order chi connectivity index (χ1) is 7.65. The highest BCUT2D eigenvalue weighted by atomic mass is 32.2. The largest absolute Gasteiger partial charge is 0.383 e. The van der Waals surface area contributed by atoms with E-state index in [1.165, 1.54) is 11.8 Å². The molecule has 0 aliphatic carbocycles. The van der Waals surface area contributed by atoms with Gasteiger partial charge in [0.2, 0.25) is 0 Å². The second-order valence-corrected chi connectivity index (χ2v) is 4.14. The zero-order valence-electron chi connectivity index (χ0n) is 9.48. The van der Waals surface area contributed by atoms with Gasteiger partial charge in [-0.05, 0) is 19.6 Å². The fraction of sp³-hybridized carbons (Fsp3) is 0.400. The standard InChI is InChI=1S/C10H13N5S/c1-4-6-7-8(11)12-5(2)13-9(7)15-10(14-6)16-3/h4H2,1-3H3,(H2,11,12,13,14,15). The molecule has 2 heterocycles. The number of hydrogen-bond donors (Lipinski definition) is 1. The maximum Gasteiger partial charge on any atom is 0.189 e. The molecule has 2 rings (SSSR count). The van der Waals surface area contributed by atoms with Crippen LogP contribution in [0.25, 0.3) is 11.0 Å². The first-order valence-corrected chi connectivity index (χ1v) is 6.23. The van der Waals surface area contributed by atoms with Gasteiger partial charge in [0.15, 0.2) is 10.8 Å². The molecule has 0 atom stereocenters. The van der Waals surface area contributed by atoms with Crippen LogP contribution < -0.4 is 5.73 Å². The van der Waals surface area contributed by atoms with Crippen LogP contribution in [0.4, 0.5) is 5.82 Å². The molecule has 84 valence electrons. The Kier molecular flexibility index (Phi) is 2.91. The van der Waals surface area contributed by atoms with Gasteiger partial charge >= 0.3 is 0 Å². The first-order valence-electron chi connectivity index (χ1n) is 5.00. The summed E-state index contributed by atoms with van der Waals surface area (Å²) in [5.41, 5.74) is 7.44. The molecule has 0 spiro atoms. The highest BCUT2D eigenvalue weighted by Gasteiger charge is 2.11. The number of thioether (sulfide) groups is 1. The Bertz CT molecular complexity index is 540. The number of hydrogen-bond acceptors (Lipinski definition) is 6. The van der Waals surface area contributed by atoms with Crippen LogP contribution >= 0.6 is 11.8 Å². The molecule has 0 saturated heterocycles. The van der Waals surface area contributed by atoms with Gasteiger partial charge in [-0.25, -0.2) is 19.9 Å². The van der Waals surface area contributed by atoms with Crippen molar-refractivity contribution in [3.8, 4) is 0 Å². The van der Waals surface area contributed by atoms with Gasteiger partial charge in [-0.15, -0.1) is 0 Å². The summed E-state index contributed by atoms with van der Waals surface area (Å²) in [6.07, 6.45) is 2.74. The first kappa shape index (κ1) is 11.1. The summed E-state index contributed by atoms with van der Waals surface area (Å²) < 4.78 is 0. The van der Waals surface area contributed by atoms with Gasteiger partial charge in [-0.3, -0.25) is 0 Å². The summed E-state index contributed by atoms with van der Waals surface area (Å²) in [6, 6.07) is 0. The Balaban J connectivity index is 2.83. The highest BCUT2D eigenvalue weighted by Crippen LogP contribution is 2.22. The van der Waals surface area contributed by atoms with Gasteiger partial charge in [0, 0.05) is 0 Å². The number of nitrogens with zero attached hydrogens (tertiary/aromatic N) is 4. The van der Waals surface area contributed by atoms with Crippen LogP contribution in [0, 0.1) is 6.92 Å². The van der Waals surface area contributed by atoms with E-state index in [0.29, 0.717) is 17.3 Å². The second-order valence-electron chi connectivity index (χ2n) is 3.37. The molecule has 2 aromatic rings. The molecular weight excluding hydrogens is 222 g/mol. The number of anilines is 1. The second kappa shape index (κ2) is 4.21. The molecular formula is C10H13N5S. The number of fused-ring (bicyclic) bond motifs is 1. The number of aromatic nitrogens is 4. The smallest absolute Gasteiger partial charge is 0.189 e. The average Bonchev–Trinajstić information content (AvgIpc) is 2.26. The van der Waals surface area contributed by atoms with Gasteiger partial charge in [-0.2, -0.15) is 0 Å². The molecule has 0 fully saturated rings. The Morgan fingerprint density at radius 1 is 1.19 bits per heavy atom. The Morgan fingerprint density at radius 3 is 2.56 bits per heavy atom. The minimum Gasteiger partial charge on any atom is -0.383 e. The third-order valence-electron chi connectivity index (χ3n) is 2.27. The van der Waals surface area contributed by atoms with E-state index in [-0.39, 0.29) is 0 Å². The molecule has 0 aliphatic heterocycles. The quantitative estimate of drug-likeness (QED) is 0.629. The van der Waals surface area contributed by atoms with E-state index in [4.69, 9.17) is 5.73 Å². The minimum absolute atomic E-state index is 0.465. The molecule has 0 unspecified atom stereocenters. The van der Waals surface area contributed by atoms with Crippen molar-refractivity contribution in [3.05, 3.63) is 11.5 Å². The lowest BCUT2D eigenvalue weighted by atomic mass is 10.2. The monoisotopic (exact) mass is 235 g/mol. The van der Waals surface area contributed by atoms with Gasteiger partial charge in [0.05, 0.1) is 11.1 Å². The predicted molar refractivity (Wildman–Crippen MR) is 65.4 cm³/mol. The molecule has 0 bridgehead atoms. The molecule has 0 aliphatic rings. The van der Waals surface area contributed by atoms with Crippen molar-refractivity contribution in [2.24, 2.45) is 0 Å². The molecule has 0 radical (unpaired) electrons. The molecule has 0 amide bonds. The fourth-order valence-electron chi connectivity index (χ4n) is 1.57. The van der Waals surface area contributed by atoms with Crippen LogP contribution in [0.5, 0.6) is 0 Å². The Hall–Kier alpha value is -1.43. The van der Waals surface area contributed by atoms with Gasteiger partial charge in [-0.1, -0.05) is 18.7 Å².